The first-order valence-electron chi connectivity index (χ1n) is 9.78. The number of benzene rings is 3. The number of rotatable bonds is 8. The van der Waals surface area contributed by atoms with E-state index in [1.807, 2.05) is 36.4 Å². The molecule has 158 valence electrons. The number of non-ortho nitro benzene ring substituents is 1. The molecule has 0 unspecified atom stereocenters. The smallest absolute Gasteiger partial charge is 0.308 e. The monoisotopic (exact) mass is 418 g/mol. The maximum Gasteiger partial charge on any atom is 0.308 e. The summed E-state index contributed by atoms with van der Waals surface area (Å²) in [6.07, 6.45) is -0.754. The Morgan fingerprint density at radius 1 is 0.935 bits per heavy atom. The van der Waals surface area contributed by atoms with Gasteiger partial charge in [0.05, 0.1) is 17.4 Å². The largest absolute Gasteiger partial charge is 0.458 e. The van der Waals surface area contributed by atoms with E-state index in [1.54, 1.807) is 43.3 Å². The van der Waals surface area contributed by atoms with Crippen molar-refractivity contribution in [3.05, 3.63) is 112 Å². The molecule has 0 aliphatic rings. The molecule has 1 amide bonds. The number of esters is 1. The van der Waals surface area contributed by atoms with Crippen LogP contribution in [0.1, 0.15) is 47.0 Å². The Balaban J connectivity index is 1.71. The van der Waals surface area contributed by atoms with Gasteiger partial charge in [-0.2, -0.15) is 0 Å². The minimum atomic E-state index is -0.673. The fraction of sp³-hybridized carbons (Fsp3) is 0.167. The van der Waals surface area contributed by atoms with Crippen LogP contribution in [0, 0.1) is 10.1 Å². The Morgan fingerprint density at radius 3 is 2.19 bits per heavy atom. The van der Waals surface area contributed by atoms with Gasteiger partial charge in [0.2, 0.25) is 0 Å². The normalized spacial score (nSPS) is 12.4. The molecule has 0 saturated heterocycles. The lowest BCUT2D eigenvalue weighted by molar-refractivity contribution is -0.385. The molecule has 0 heterocycles. The molecule has 0 radical (unpaired) electrons. The number of carbonyl (C=O) groups is 2. The Kier molecular flexibility index (Phi) is 7.11. The van der Waals surface area contributed by atoms with Gasteiger partial charge in [0.1, 0.15) is 6.10 Å². The molecule has 31 heavy (non-hydrogen) atoms. The lowest BCUT2D eigenvalue weighted by Gasteiger charge is -2.20. The molecule has 0 spiro atoms. The third kappa shape index (κ3) is 5.99. The third-order valence-corrected chi connectivity index (χ3v) is 4.77. The Morgan fingerprint density at radius 2 is 1.55 bits per heavy atom. The van der Waals surface area contributed by atoms with Crippen molar-refractivity contribution in [1.29, 1.82) is 0 Å². The molecule has 0 aliphatic carbocycles. The summed E-state index contributed by atoms with van der Waals surface area (Å²) < 4.78 is 5.50. The number of hydrogen-bond donors (Lipinski definition) is 1. The molecule has 3 aromatic carbocycles. The molecule has 1 N–H and O–H groups in total. The van der Waals surface area contributed by atoms with Crippen molar-refractivity contribution < 1.29 is 19.2 Å². The number of ether oxygens (including phenoxy) is 1. The summed E-state index contributed by atoms with van der Waals surface area (Å²) in [4.78, 5) is 35.7. The number of nitrogens with one attached hydrogen (secondary N) is 1. The zero-order chi connectivity index (χ0) is 22.2. The van der Waals surface area contributed by atoms with E-state index in [-0.39, 0.29) is 18.0 Å². The second-order valence-electron chi connectivity index (χ2n) is 6.99. The van der Waals surface area contributed by atoms with Crippen molar-refractivity contribution in [3.8, 4) is 0 Å². The van der Waals surface area contributed by atoms with E-state index in [0.717, 1.165) is 5.56 Å². The van der Waals surface area contributed by atoms with Crippen LogP contribution in [-0.2, 0) is 9.53 Å². The van der Waals surface area contributed by atoms with Crippen molar-refractivity contribution >= 4 is 17.6 Å². The Labute approximate surface area is 179 Å². The number of nitrogens with zero attached hydrogens (tertiary/aromatic N) is 1. The van der Waals surface area contributed by atoms with Crippen molar-refractivity contribution in [2.24, 2.45) is 0 Å². The summed E-state index contributed by atoms with van der Waals surface area (Å²) in [7, 11) is 0. The summed E-state index contributed by atoms with van der Waals surface area (Å²) >= 11 is 0. The minimum absolute atomic E-state index is 0.0716. The summed E-state index contributed by atoms with van der Waals surface area (Å²) in [5, 5.41) is 13.9. The van der Waals surface area contributed by atoms with Crippen molar-refractivity contribution in [1.82, 2.24) is 5.32 Å². The van der Waals surface area contributed by atoms with Gasteiger partial charge in [0.15, 0.2) is 0 Å². The first kappa shape index (κ1) is 21.7. The lowest BCUT2D eigenvalue weighted by atomic mass is 10.0. The Bertz CT molecular complexity index is 1050. The fourth-order valence-electron chi connectivity index (χ4n) is 3.14. The van der Waals surface area contributed by atoms with Crippen LogP contribution >= 0.6 is 0 Å². The van der Waals surface area contributed by atoms with Crippen LogP contribution in [0.5, 0.6) is 0 Å². The SMILES string of the molecule is C[C@H](OC(=O)C[C@H](NC(=O)c1ccccc1)c1ccccc1)c1cccc([N+](=O)[O-])c1. The van der Waals surface area contributed by atoms with Crippen LogP contribution in [0.4, 0.5) is 5.69 Å². The molecule has 7 heteroatoms. The van der Waals surface area contributed by atoms with Crippen LogP contribution < -0.4 is 5.32 Å². The highest BCUT2D eigenvalue weighted by Crippen LogP contribution is 2.24. The second kappa shape index (κ2) is 10.2. The second-order valence-corrected chi connectivity index (χ2v) is 6.99. The van der Waals surface area contributed by atoms with Gasteiger partial charge in [-0.3, -0.25) is 19.7 Å². The maximum atomic E-state index is 12.6. The third-order valence-electron chi connectivity index (χ3n) is 4.77. The van der Waals surface area contributed by atoms with Crippen LogP contribution in [0.15, 0.2) is 84.9 Å². The zero-order valence-corrected chi connectivity index (χ0v) is 16.9. The van der Waals surface area contributed by atoms with Gasteiger partial charge in [0.25, 0.3) is 11.6 Å². The van der Waals surface area contributed by atoms with E-state index in [1.165, 1.54) is 12.1 Å². The molecule has 0 fully saturated rings. The van der Waals surface area contributed by atoms with Crippen LogP contribution in [-0.4, -0.2) is 16.8 Å². The van der Waals surface area contributed by atoms with E-state index < -0.39 is 23.0 Å². The predicted molar refractivity (Wildman–Crippen MR) is 115 cm³/mol. The molecule has 0 saturated carbocycles. The van der Waals surface area contributed by atoms with Gasteiger partial charge in [0, 0.05) is 17.7 Å². The number of carbonyl (C=O) groups excluding carboxylic acids is 2. The van der Waals surface area contributed by atoms with E-state index in [2.05, 4.69) is 5.32 Å². The average molecular weight is 418 g/mol. The molecular formula is C24H22N2O5. The van der Waals surface area contributed by atoms with Crippen LogP contribution in [0.2, 0.25) is 0 Å². The summed E-state index contributed by atoms with van der Waals surface area (Å²) in [6, 6.07) is 23.3. The average Bonchev–Trinajstić information content (AvgIpc) is 2.79. The van der Waals surface area contributed by atoms with E-state index in [0.29, 0.717) is 11.1 Å². The fourth-order valence-corrected chi connectivity index (χ4v) is 3.14. The van der Waals surface area contributed by atoms with E-state index >= 15 is 0 Å². The van der Waals surface area contributed by atoms with E-state index in [4.69, 9.17) is 4.74 Å². The van der Waals surface area contributed by atoms with Crippen molar-refractivity contribution in [3.63, 3.8) is 0 Å². The molecule has 7 nitrogen and oxygen atoms in total. The van der Waals surface area contributed by atoms with Gasteiger partial charge < -0.3 is 10.1 Å². The van der Waals surface area contributed by atoms with Gasteiger partial charge in [-0.05, 0) is 30.2 Å². The molecule has 3 aromatic rings. The van der Waals surface area contributed by atoms with Crippen LogP contribution in [0.25, 0.3) is 0 Å². The Hall–Kier alpha value is -4.00. The standard InChI is InChI=1S/C24H22N2O5/c1-17(20-13-8-14-21(15-20)26(29)30)31-23(27)16-22(18-9-4-2-5-10-18)25-24(28)19-11-6-3-7-12-19/h2-15,17,22H,16H2,1H3,(H,25,28)/t17-,22-/m0/s1. The predicted octanol–water partition coefficient (Wildman–Crippen LogP) is 4.76. The highest BCUT2D eigenvalue weighted by molar-refractivity contribution is 5.94. The van der Waals surface area contributed by atoms with Gasteiger partial charge >= 0.3 is 5.97 Å². The first-order chi connectivity index (χ1) is 14.9. The number of amides is 1. The number of hydrogen-bond acceptors (Lipinski definition) is 5. The topological polar surface area (TPSA) is 98.5 Å². The molecule has 3 rings (SSSR count). The highest BCUT2D eigenvalue weighted by atomic mass is 16.6. The molecule has 0 aromatic heterocycles. The first-order valence-corrected chi connectivity index (χ1v) is 9.78. The molecule has 2 atom stereocenters. The van der Waals surface area contributed by atoms with Crippen molar-refractivity contribution in [2.45, 2.75) is 25.5 Å². The number of nitro groups is 1. The summed E-state index contributed by atoms with van der Waals surface area (Å²) in [6.45, 7) is 1.65. The molecule has 0 bridgehead atoms. The van der Waals surface area contributed by atoms with Gasteiger partial charge in [-0.15, -0.1) is 0 Å². The van der Waals surface area contributed by atoms with Crippen LogP contribution in [0.3, 0.4) is 0 Å². The van der Waals surface area contributed by atoms with Gasteiger partial charge in [-0.1, -0.05) is 60.7 Å². The quantitative estimate of drug-likeness (QED) is 0.323. The summed E-state index contributed by atoms with van der Waals surface area (Å²) in [5.41, 5.74) is 1.71. The molecule has 0 aliphatic heterocycles. The van der Waals surface area contributed by atoms with E-state index in [9.17, 15) is 19.7 Å². The number of nitro benzene ring substituents is 1. The van der Waals surface area contributed by atoms with Gasteiger partial charge in [-0.25, -0.2) is 0 Å². The van der Waals surface area contributed by atoms with Crippen molar-refractivity contribution in [2.75, 3.05) is 0 Å². The zero-order valence-electron chi connectivity index (χ0n) is 16.9. The maximum absolute atomic E-state index is 12.6. The summed E-state index contributed by atoms with van der Waals surface area (Å²) in [5.74, 6) is -0.824. The molecular weight excluding hydrogens is 396 g/mol. The minimum Gasteiger partial charge on any atom is -0.458 e. The lowest BCUT2D eigenvalue weighted by Crippen LogP contribution is -2.30. The highest BCUT2D eigenvalue weighted by Gasteiger charge is 2.22.